The first kappa shape index (κ1) is 25.1. The number of carbonyl (C=O) groups is 1. The number of nitrogens with zero attached hydrogens (tertiary/aromatic N) is 5. The highest BCUT2D eigenvalue weighted by Crippen LogP contribution is 2.27. The monoisotopic (exact) mass is 472 g/mol. The fraction of sp³-hybridized carbons (Fsp3) is 0.375. The molecule has 7 nitrogen and oxygen atoms in total. The molecule has 10 heteroatoms. The third kappa shape index (κ3) is 5.67. The molecule has 1 amide bonds. The number of amides is 1. The molecule has 1 N–H and O–H groups in total. The van der Waals surface area contributed by atoms with Gasteiger partial charge in [-0.3, -0.25) is 14.8 Å². The average Bonchev–Trinajstić information content (AvgIpc) is 2.82. The number of nitrogens with one attached hydrogen (secondary N) is 1. The molecule has 0 bridgehead atoms. The lowest BCUT2D eigenvalue weighted by atomic mass is 10.0. The minimum Gasteiger partial charge on any atom is -0.364 e. The van der Waals surface area contributed by atoms with E-state index in [1.165, 1.54) is 0 Å². The highest BCUT2D eigenvalue weighted by molar-refractivity contribution is 5.98. The molecule has 2 atom stereocenters. The summed E-state index contributed by atoms with van der Waals surface area (Å²) in [6, 6.07) is 6.77. The van der Waals surface area contributed by atoms with Crippen molar-refractivity contribution in [2.45, 2.75) is 52.4 Å². The van der Waals surface area contributed by atoms with E-state index in [9.17, 15) is 18.0 Å². The number of rotatable bonds is 8. The van der Waals surface area contributed by atoms with Gasteiger partial charge in [-0.1, -0.05) is 13.0 Å². The largest absolute Gasteiger partial charge is 0.434 e. The number of aromatic nitrogens is 4. The normalized spacial score (nSPS) is 13.3. The van der Waals surface area contributed by atoms with Crippen molar-refractivity contribution >= 4 is 11.7 Å². The van der Waals surface area contributed by atoms with Gasteiger partial charge >= 0.3 is 6.18 Å². The smallest absolute Gasteiger partial charge is 0.364 e. The molecule has 0 saturated heterocycles. The summed E-state index contributed by atoms with van der Waals surface area (Å²) in [5, 5.41) is 3.08. The van der Waals surface area contributed by atoms with Gasteiger partial charge in [-0.25, -0.2) is 9.97 Å². The second kappa shape index (κ2) is 10.6. The third-order valence-corrected chi connectivity index (χ3v) is 5.48. The van der Waals surface area contributed by atoms with Crippen LogP contribution in [0.15, 0.2) is 49.1 Å². The number of hydrogen-bond donors (Lipinski definition) is 1. The van der Waals surface area contributed by atoms with E-state index in [1.54, 1.807) is 23.4 Å². The molecule has 0 spiro atoms. The maximum Gasteiger partial charge on any atom is 0.434 e. The van der Waals surface area contributed by atoms with E-state index in [4.69, 9.17) is 0 Å². The SMILES string of the molecule is CCC(C(C)Nc1cnc(C(F)(F)F)cn1)N(CC)C(=O)c1ncc(C)cc1-c1ccccn1. The molecule has 3 aromatic heterocycles. The van der Waals surface area contributed by atoms with Crippen LogP contribution < -0.4 is 5.32 Å². The lowest BCUT2D eigenvalue weighted by Crippen LogP contribution is -2.48. The molecule has 2 unspecified atom stereocenters. The molecule has 0 aliphatic carbocycles. The second-order valence-electron chi connectivity index (χ2n) is 7.91. The second-order valence-corrected chi connectivity index (χ2v) is 7.91. The zero-order valence-electron chi connectivity index (χ0n) is 19.5. The van der Waals surface area contributed by atoms with Crippen LogP contribution in [0, 0.1) is 6.92 Å². The van der Waals surface area contributed by atoms with Gasteiger partial charge in [0.2, 0.25) is 0 Å². The van der Waals surface area contributed by atoms with Crippen molar-refractivity contribution in [3.63, 3.8) is 0 Å². The van der Waals surface area contributed by atoms with Crippen molar-refractivity contribution in [2.75, 3.05) is 11.9 Å². The minimum absolute atomic E-state index is 0.199. The summed E-state index contributed by atoms with van der Waals surface area (Å²) in [4.78, 5) is 31.4. The third-order valence-electron chi connectivity index (χ3n) is 5.48. The molecule has 34 heavy (non-hydrogen) atoms. The highest BCUT2D eigenvalue weighted by atomic mass is 19.4. The van der Waals surface area contributed by atoms with Gasteiger partial charge in [0.15, 0.2) is 5.69 Å². The van der Waals surface area contributed by atoms with Crippen LogP contribution in [0.25, 0.3) is 11.3 Å². The van der Waals surface area contributed by atoms with E-state index >= 15 is 0 Å². The predicted octanol–water partition coefficient (Wildman–Crippen LogP) is 5.00. The summed E-state index contributed by atoms with van der Waals surface area (Å²) in [5.74, 6) is -0.0488. The number of hydrogen-bond acceptors (Lipinski definition) is 6. The molecule has 0 aliphatic rings. The lowest BCUT2D eigenvalue weighted by molar-refractivity contribution is -0.141. The first-order valence-corrected chi connectivity index (χ1v) is 11.0. The van der Waals surface area contributed by atoms with Crippen LogP contribution >= 0.6 is 0 Å². The zero-order valence-corrected chi connectivity index (χ0v) is 19.5. The quantitative estimate of drug-likeness (QED) is 0.497. The maximum absolute atomic E-state index is 13.6. The number of carbonyl (C=O) groups excluding carboxylic acids is 1. The van der Waals surface area contributed by atoms with E-state index in [0.717, 1.165) is 11.8 Å². The number of pyridine rings is 2. The molecule has 0 aliphatic heterocycles. The molecule has 180 valence electrons. The first-order valence-electron chi connectivity index (χ1n) is 11.0. The van der Waals surface area contributed by atoms with Crippen LogP contribution in [-0.2, 0) is 6.18 Å². The Morgan fingerprint density at radius 3 is 2.41 bits per heavy atom. The van der Waals surface area contributed by atoms with Crippen molar-refractivity contribution in [1.29, 1.82) is 0 Å². The van der Waals surface area contributed by atoms with E-state index in [1.807, 2.05) is 45.9 Å². The number of aryl methyl sites for hydroxylation is 1. The Balaban J connectivity index is 1.86. The van der Waals surface area contributed by atoms with Crippen LogP contribution in [0.3, 0.4) is 0 Å². The standard InChI is InChI=1S/C24H27F3N6O/c1-5-19(16(4)32-21-14-29-20(13-30-21)24(25,26)27)33(6-2)23(34)22-17(11-15(3)12-31-22)18-9-7-8-10-28-18/h7-14,16,19H,5-6H2,1-4H3,(H,30,32). The van der Waals surface area contributed by atoms with Crippen molar-refractivity contribution in [3.8, 4) is 11.3 Å². The van der Waals surface area contributed by atoms with Gasteiger partial charge < -0.3 is 10.2 Å². The van der Waals surface area contributed by atoms with Crippen molar-refractivity contribution < 1.29 is 18.0 Å². The van der Waals surface area contributed by atoms with Gasteiger partial charge in [0.1, 0.15) is 11.5 Å². The highest BCUT2D eigenvalue weighted by Gasteiger charge is 2.33. The Hall–Kier alpha value is -3.56. The molecule has 3 aromatic rings. The molecule has 0 saturated carbocycles. The molecule has 0 fully saturated rings. The summed E-state index contributed by atoms with van der Waals surface area (Å²) in [7, 11) is 0. The maximum atomic E-state index is 13.6. The molecular formula is C24H27F3N6O. The number of likely N-dealkylation sites (N-methyl/N-ethyl adjacent to an activating group) is 1. The van der Waals surface area contributed by atoms with Gasteiger partial charge in [0.25, 0.3) is 5.91 Å². The summed E-state index contributed by atoms with van der Waals surface area (Å²) in [6.45, 7) is 7.99. The summed E-state index contributed by atoms with van der Waals surface area (Å²) >= 11 is 0. The first-order chi connectivity index (χ1) is 16.2. The fourth-order valence-electron chi connectivity index (χ4n) is 3.84. The minimum atomic E-state index is -4.55. The summed E-state index contributed by atoms with van der Waals surface area (Å²) in [6.07, 6.45) is 1.09. The number of halogens is 3. The molecule has 0 aromatic carbocycles. The topological polar surface area (TPSA) is 83.9 Å². The van der Waals surface area contributed by atoms with Gasteiger partial charge in [-0.2, -0.15) is 13.2 Å². The summed E-state index contributed by atoms with van der Waals surface area (Å²) in [5.41, 5.74) is 1.44. The molecule has 3 heterocycles. The van der Waals surface area contributed by atoms with Crippen LogP contribution in [0.1, 0.15) is 48.9 Å². The zero-order chi connectivity index (χ0) is 24.9. The van der Waals surface area contributed by atoms with Crippen LogP contribution in [0.4, 0.5) is 19.0 Å². The van der Waals surface area contributed by atoms with E-state index in [0.29, 0.717) is 36.1 Å². The lowest BCUT2D eigenvalue weighted by Gasteiger charge is -2.35. The Labute approximate surface area is 196 Å². The van der Waals surface area contributed by atoms with Gasteiger partial charge in [0.05, 0.1) is 24.1 Å². The predicted molar refractivity (Wildman–Crippen MR) is 123 cm³/mol. The Bertz CT molecular complexity index is 1110. The van der Waals surface area contributed by atoms with Crippen molar-refractivity contribution in [1.82, 2.24) is 24.8 Å². The van der Waals surface area contributed by atoms with Crippen LogP contribution in [0.5, 0.6) is 0 Å². The Morgan fingerprint density at radius 1 is 1.09 bits per heavy atom. The Kier molecular flexibility index (Phi) is 7.80. The molecular weight excluding hydrogens is 445 g/mol. The average molecular weight is 473 g/mol. The van der Waals surface area contributed by atoms with E-state index < -0.39 is 11.9 Å². The van der Waals surface area contributed by atoms with E-state index in [2.05, 4.69) is 25.3 Å². The number of anilines is 1. The van der Waals surface area contributed by atoms with Gasteiger partial charge in [0, 0.05) is 30.5 Å². The molecule has 0 radical (unpaired) electrons. The number of alkyl halides is 3. The van der Waals surface area contributed by atoms with Crippen molar-refractivity contribution in [3.05, 3.63) is 66.0 Å². The van der Waals surface area contributed by atoms with Crippen LogP contribution in [0.2, 0.25) is 0 Å². The van der Waals surface area contributed by atoms with Gasteiger partial charge in [-0.15, -0.1) is 0 Å². The summed E-state index contributed by atoms with van der Waals surface area (Å²) < 4.78 is 38.3. The van der Waals surface area contributed by atoms with Gasteiger partial charge in [-0.05, 0) is 51.0 Å². The van der Waals surface area contributed by atoms with Crippen molar-refractivity contribution in [2.24, 2.45) is 0 Å². The van der Waals surface area contributed by atoms with E-state index in [-0.39, 0.29) is 23.8 Å². The van der Waals surface area contributed by atoms with Crippen LogP contribution in [-0.4, -0.2) is 49.4 Å². The fourth-order valence-corrected chi connectivity index (χ4v) is 3.84. The molecule has 3 rings (SSSR count). The Morgan fingerprint density at radius 2 is 1.85 bits per heavy atom.